The number of halogens is 2. The van der Waals surface area contributed by atoms with Crippen LogP contribution in [0.15, 0.2) is 34.7 Å². The van der Waals surface area contributed by atoms with Gasteiger partial charge >= 0.3 is 0 Å². The smallest absolute Gasteiger partial charge is 0.291 e. The summed E-state index contributed by atoms with van der Waals surface area (Å²) in [6.07, 6.45) is 0. The van der Waals surface area contributed by atoms with E-state index in [4.69, 9.17) is 20.8 Å². The van der Waals surface area contributed by atoms with E-state index < -0.39 is 11.7 Å². The van der Waals surface area contributed by atoms with Crippen LogP contribution in [-0.4, -0.2) is 13.0 Å². The molecule has 0 aliphatic rings. The molecule has 0 bridgehead atoms. The highest BCUT2D eigenvalue weighted by molar-refractivity contribution is 6.31. The molecule has 1 amide bonds. The van der Waals surface area contributed by atoms with E-state index in [1.165, 1.54) is 31.4 Å². The Hall–Kier alpha value is -1.85. The first-order chi connectivity index (χ1) is 9.10. The Morgan fingerprint density at radius 1 is 1.42 bits per heavy atom. The maximum Gasteiger partial charge on any atom is 0.291 e. The van der Waals surface area contributed by atoms with Crippen molar-refractivity contribution in [3.8, 4) is 0 Å². The van der Waals surface area contributed by atoms with Crippen LogP contribution in [0.1, 0.15) is 16.3 Å². The third kappa shape index (κ3) is 3.33. The Labute approximate surface area is 114 Å². The number of carbonyl (C=O) groups is 1. The molecule has 0 saturated heterocycles. The molecule has 1 heterocycles. The van der Waals surface area contributed by atoms with Gasteiger partial charge in [-0.25, -0.2) is 4.39 Å². The van der Waals surface area contributed by atoms with Crippen LogP contribution in [0.5, 0.6) is 0 Å². The number of furan rings is 1. The zero-order valence-electron chi connectivity index (χ0n) is 10.1. The van der Waals surface area contributed by atoms with Crippen LogP contribution in [0.4, 0.5) is 10.1 Å². The van der Waals surface area contributed by atoms with Crippen molar-refractivity contribution in [3.05, 3.63) is 52.7 Å². The van der Waals surface area contributed by atoms with E-state index >= 15 is 0 Å². The van der Waals surface area contributed by atoms with Crippen molar-refractivity contribution in [1.29, 1.82) is 0 Å². The van der Waals surface area contributed by atoms with Crippen LogP contribution in [0, 0.1) is 5.82 Å². The molecule has 0 saturated carbocycles. The molecule has 1 N–H and O–H groups in total. The van der Waals surface area contributed by atoms with Gasteiger partial charge in [-0.05, 0) is 30.3 Å². The zero-order valence-corrected chi connectivity index (χ0v) is 10.8. The van der Waals surface area contributed by atoms with E-state index in [1.807, 2.05) is 0 Å². The van der Waals surface area contributed by atoms with E-state index in [1.54, 1.807) is 6.07 Å². The number of hydrogen-bond donors (Lipinski definition) is 1. The molecule has 1 aromatic heterocycles. The number of ether oxygens (including phenoxy) is 1. The van der Waals surface area contributed by atoms with E-state index in [0.29, 0.717) is 11.4 Å². The maximum atomic E-state index is 13.0. The monoisotopic (exact) mass is 283 g/mol. The minimum Gasteiger partial charge on any atom is -0.453 e. The van der Waals surface area contributed by atoms with Gasteiger partial charge in [0.05, 0.1) is 5.02 Å². The topological polar surface area (TPSA) is 51.5 Å². The molecule has 0 fully saturated rings. The second kappa shape index (κ2) is 5.86. The number of anilines is 1. The molecule has 6 heteroatoms. The van der Waals surface area contributed by atoms with Gasteiger partial charge in [0, 0.05) is 12.8 Å². The third-order valence-corrected chi connectivity index (χ3v) is 2.64. The molecular weight excluding hydrogens is 273 g/mol. The maximum absolute atomic E-state index is 13.0. The van der Waals surface area contributed by atoms with Gasteiger partial charge in [-0.3, -0.25) is 4.79 Å². The molecule has 0 radical (unpaired) electrons. The lowest BCUT2D eigenvalue weighted by Gasteiger charge is -2.04. The van der Waals surface area contributed by atoms with Gasteiger partial charge in [0.1, 0.15) is 18.2 Å². The third-order valence-electron chi connectivity index (χ3n) is 2.35. The molecule has 0 spiro atoms. The van der Waals surface area contributed by atoms with E-state index in [9.17, 15) is 9.18 Å². The molecule has 1 aromatic carbocycles. The van der Waals surface area contributed by atoms with Crippen LogP contribution in [0.25, 0.3) is 0 Å². The van der Waals surface area contributed by atoms with Gasteiger partial charge in [0.25, 0.3) is 5.91 Å². The second-order valence-corrected chi connectivity index (χ2v) is 4.19. The molecule has 0 aliphatic heterocycles. The van der Waals surface area contributed by atoms with Gasteiger partial charge in [0.15, 0.2) is 5.76 Å². The summed E-state index contributed by atoms with van der Waals surface area (Å²) in [6, 6.07) is 7.10. The summed E-state index contributed by atoms with van der Waals surface area (Å²) < 4.78 is 23.1. The molecule has 0 aliphatic carbocycles. The highest BCUT2D eigenvalue weighted by Gasteiger charge is 2.12. The molecular formula is C13H11ClFNO3. The lowest BCUT2D eigenvalue weighted by atomic mass is 10.3. The summed E-state index contributed by atoms with van der Waals surface area (Å²) in [5.74, 6) is -0.289. The van der Waals surface area contributed by atoms with Crippen molar-refractivity contribution in [2.24, 2.45) is 0 Å². The van der Waals surface area contributed by atoms with Gasteiger partial charge in [-0.1, -0.05) is 11.6 Å². The lowest BCUT2D eigenvalue weighted by Crippen LogP contribution is -2.10. The largest absolute Gasteiger partial charge is 0.453 e. The second-order valence-electron chi connectivity index (χ2n) is 3.78. The fourth-order valence-electron chi connectivity index (χ4n) is 1.49. The predicted octanol–water partition coefficient (Wildman–Crippen LogP) is 3.47. The van der Waals surface area contributed by atoms with Crippen LogP contribution >= 0.6 is 11.6 Å². The number of hydrogen-bond acceptors (Lipinski definition) is 3. The molecule has 100 valence electrons. The number of nitrogens with one attached hydrogen (secondary N) is 1. The van der Waals surface area contributed by atoms with Crippen molar-refractivity contribution >= 4 is 23.2 Å². The van der Waals surface area contributed by atoms with Gasteiger partial charge in [-0.2, -0.15) is 0 Å². The average Bonchev–Trinajstić information content (AvgIpc) is 2.83. The Kier molecular flexibility index (Phi) is 4.19. The molecule has 0 atom stereocenters. The van der Waals surface area contributed by atoms with Crippen molar-refractivity contribution in [2.45, 2.75) is 6.61 Å². The van der Waals surface area contributed by atoms with E-state index in [-0.39, 0.29) is 17.4 Å². The fraction of sp³-hybridized carbons (Fsp3) is 0.154. The molecule has 2 aromatic rings. The fourth-order valence-corrected chi connectivity index (χ4v) is 1.67. The first-order valence-electron chi connectivity index (χ1n) is 5.44. The van der Waals surface area contributed by atoms with Crippen LogP contribution in [-0.2, 0) is 11.3 Å². The van der Waals surface area contributed by atoms with Crippen LogP contribution < -0.4 is 5.32 Å². The summed E-state index contributed by atoms with van der Waals surface area (Å²) in [5.41, 5.74) is 0.390. The quantitative estimate of drug-likeness (QED) is 0.935. The van der Waals surface area contributed by atoms with Crippen LogP contribution in [0.3, 0.4) is 0 Å². The summed E-state index contributed by atoms with van der Waals surface area (Å²) in [6.45, 7) is 0.287. The highest BCUT2D eigenvalue weighted by atomic mass is 35.5. The van der Waals surface area contributed by atoms with Gasteiger partial charge < -0.3 is 14.5 Å². The van der Waals surface area contributed by atoms with E-state index in [0.717, 1.165) is 0 Å². The average molecular weight is 284 g/mol. The van der Waals surface area contributed by atoms with Crippen LogP contribution in [0.2, 0.25) is 5.02 Å². The number of benzene rings is 1. The number of amides is 1. The van der Waals surface area contributed by atoms with Crippen molar-refractivity contribution in [3.63, 3.8) is 0 Å². The Bertz CT molecular complexity index is 597. The van der Waals surface area contributed by atoms with E-state index in [2.05, 4.69) is 5.32 Å². The summed E-state index contributed by atoms with van der Waals surface area (Å²) >= 11 is 5.62. The zero-order chi connectivity index (χ0) is 13.8. The summed E-state index contributed by atoms with van der Waals surface area (Å²) in [5, 5.41) is 2.50. The molecule has 0 unspecified atom stereocenters. The van der Waals surface area contributed by atoms with Crippen molar-refractivity contribution < 1.29 is 18.3 Å². The summed E-state index contributed by atoms with van der Waals surface area (Å²) in [4.78, 5) is 11.8. The summed E-state index contributed by atoms with van der Waals surface area (Å²) in [7, 11) is 1.53. The number of carbonyl (C=O) groups excluding carboxylic acids is 1. The molecule has 2 rings (SSSR count). The minimum atomic E-state index is -0.542. The Morgan fingerprint density at radius 3 is 2.89 bits per heavy atom. The van der Waals surface area contributed by atoms with Crippen molar-refractivity contribution in [1.82, 2.24) is 0 Å². The van der Waals surface area contributed by atoms with Gasteiger partial charge in [-0.15, -0.1) is 0 Å². The Balaban J connectivity index is 2.09. The first-order valence-corrected chi connectivity index (χ1v) is 5.82. The standard InChI is InChI=1S/C13H11ClFNO3/c1-18-7-9-3-5-12(19-9)13(17)16-8-2-4-11(15)10(14)6-8/h2-6H,7H2,1H3,(H,16,17). The van der Waals surface area contributed by atoms with Gasteiger partial charge in [0.2, 0.25) is 0 Å². The Morgan fingerprint density at radius 2 is 2.21 bits per heavy atom. The van der Waals surface area contributed by atoms with Crippen molar-refractivity contribution in [2.75, 3.05) is 12.4 Å². The predicted molar refractivity (Wildman–Crippen MR) is 68.8 cm³/mol. The molecule has 4 nitrogen and oxygen atoms in total. The number of methoxy groups -OCH3 is 1. The SMILES string of the molecule is COCc1ccc(C(=O)Nc2ccc(F)c(Cl)c2)o1. The molecule has 19 heavy (non-hydrogen) atoms. The lowest BCUT2D eigenvalue weighted by molar-refractivity contribution is 0.0987. The normalized spacial score (nSPS) is 10.5. The highest BCUT2D eigenvalue weighted by Crippen LogP contribution is 2.20. The number of rotatable bonds is 4. The minimum absolute atomic E-state index is 0.0580. The first kappa shape index (κ1) is 13.6.